The van der Waals surface area contributed by atoms with Gasteiger partial charge in [0.1, 0.15) is 17.1 Å². The molecule has 2 heterocycles. The van der Waals surface area contributed by atoms with Crippen molar-refractivity contribution in [3.8, 4) is 11.5 Å². The van der Waals surface area contributed by atoms with E-state index in [2.05, 4.69) is 5.32 Å². The van der Waals surface area contributed by atoms with Crippen molar-refractivity contribution in [2.75, 3.05) is 13.7 Å². The quantitative estimate of drug-likeness (QED) is 0.259. The largest absolute Gasteiger partial charge is 0.507 e. The third-order valence-electron chi connectivity index (χ3n) is 8.26. The molecule has 0 radical (unpaired) electrons. The number of phenolic OH excluding ortho intramolecular Hbond substituents is 1. The molecule has 0 spiro atoms. The summed E-state index contributed by atoms with van der Waals surface area (Å²) in [5, 5.41) is 25.0. The van der Waals surface area contributed by atoms with E-state index in [4.69, 9.17) is 14.2 Å². The van der Waals surface area contributed by atoms with Crippen LogP contribution in [0.1, 0.15) is 67.3 Å². The van der Waals surface area contributed by atoms with E-state index in [0.717, 1.165) is 34.4 Å². The van der Waals surface area contributed by atoms with Gasteiger partial charge >= 0.3 is 11.9 Å². The maximum absolute atomic E-state index is 13.6. The first-order valence-electron chi connectivity index (χ1n) is 13.5. The molecule has 10 heteroatoms. The molecule has 0 aromatic heterocycles. The first-order chi connectivity index (χ1) is 19.3. The van der Waals surface area contributed by atoms with Crippen molar-refractivity contribution >= 4 is 17.6 Å². The lowest BCUT2D eigenvalue weighted by molar-refractivity contribution is -0.384. The number of ether oxygens (including phenoxy) is 3. The Balaban J connectivity index is 1.58. The molecule has 218 valence electrons. The number of esters is 2. The Morgan fingerprint density at radius 1 is 1.10 bits per heavy atom. The molecule has 2 aromatic carbocycles. The van der Waals surface area contributed by atoms with Crippen LogP contribution in [0.2, 0.25) is 0 Å². The van der Waals surface area contributed by atoms with Gasteiger partial charge in [-0.3, -0.25) is 10.1 Å². The summed E-state index contributed by atoms with van der Waals surface area (Å²) in [5.41, 5.74) is 4.42. The highest BCUT2D eigenvalue weighted by atomic mass is 16.6. The normalized spacial score (nSPS) is 20.1. The van der Waals surface area contributed by atoms with Crippen LogP contribution in [0.5, 0.6) is 11.5 Å². The van der Waals surface area contributed by atoms with Gasteiger partial charge in [0.15, 0.2) is 0 Å². The van der Waals surface area contributed by atoms with Crippen molar-refractivity contribution in [1.82, 2.24) is 5.32 Å². The Morgan fingerprint density at radius 3 is 2.39 bits per heavy atom. The molecule has 0 bridgehead atoms. The fourth-order valence-electron chi connectivity index (χ4n) is 5.70. The summed E-state index contributed by atoms with van der Waals surface area (Å²) in [5.74, 6) is -1.17. The average molecular weight is 565 g/mol. The molecule has 2 aliphatic heterocycles. The molecular formula is C31H36N2O8. The number of nitro groups is 1. The number of aromatic hydroxyl groups is 1. The smallest absolute Gasteiger partial charge is 0.336 e. The maximum atomic E-state index is 13.6. The monoisotopic (exact) mass is 564 g/mol. The van der Waals surface area contributed by atoms with Crippen molar-refractivity contribution in [2.45, 2.75) is 72.3 Å². The summed E-state index contributed by atoms with van der Waals surface area (Å²) >= 11 is 0. The van der Waals surface area contributed by atoms with E-state index in [0.29, 0.717) is 35.5 Å². The number of hydrogen-bond acceptors (Lipinski definition) is 9. The van der Waals surface area contributed by atoms with Gasteiger partial charge in [0.25, 0.3) is 5.69 Å². The zero-order chi connectivity index (χ0) is 30.2. The highest BCUT2D eigenvalue weighted by Gasteiger charge is 2.39. The van der Waals surface area contributed by atoms with E-state index < -0.39 is 28.4 Å². The molecule has 2 aromatic rings. The lowest BCUT2D eigenvalue weighted by Crippen LogP contribution is -2.39. The van der Waals surface area contributed by atoms with Crippen LogP contribution in [0.25, 0.3) is 0 Å². The Kier molecular flexibility index (Phi) is 8.15. The van der Waals surface area contributed by atoms with E-state index in [1.165, 1.54) is 25.3 Å². The highest BCUT2D eigenvalue weighted by molar-refractivity contribution is 5.99. The van der Waals surface area contributed by atoms with Crippen molar-refractivity contribution < 1.29 is 33.8 Å². The van der Waals surface area contributed by atoms with Gasteiger partial charge in [-0.25, -0.2) is 9.59 Å². The number of fused-ring (bicyclic) bond motifs is 1. The Labute approximate surface area is 239 Å². The van der Waals surface area contributed by atoms with Crippen molar-refractivity contribution in [1.29, 1.82) is 0 Å². The van der Waals surface area contributed by atoms with Gasteiger partial charge in [0.2, 0.25) is 0 Å². The molecule has 4 rings (SSSR count). The number of rotatable bonds is 7. The topological polar surface area (TPSA) is 137 Å². The van der Waals surface area contributed by atoms with Gasteiger partial charge in [0, 0.05) is 35.5 Å². The number of carbonyl (C=O) groups is 2. The lowest BCUT2D eigenvalue weighted by atomic mass is 9.80. The predicted molar refractivity (Wildman–Crippen MR) is 152 cm³/mol. The van der Waals surface area contributed by atoms with Crippen LogP contribution in [0.15, 0.2) is 46.8 Å². The molecule has 0 saturated heterocycles. The molecule has 2 aliphatic rings. The van der Waals surface area contributed by atoms with Gasteiger partial charge in [0.05, 0.1) is 35.7 Å². The Morgan fingerprint density at radius 2 is 1.76 bits per heavy atom. The number of non-ortho nitro benzene ring substituents is 1. The van der Waals surface area contributed by atoms with Crippen molar-refractivity contribution in [3.63, 3.8) is 0 Å². The molecule has 2 N–H and O–H groups in total. The second-order valence-corrected chi connectivity index (χ2v) is 10.9. The van der Waals surface area contributed by atoms with Crippen LogP contribution >= 0.6 is 0 Å². The number of allylic oxidation sites excluding steroid dienone is 2. The van der Waals surface area contributed by atoms with Crippen molar-refractivity contribution in [3.05, 3.63) is 84.7 Å². The third-order valence-corrected chi connectivity index (χ3v) is 8.26. The lowest BCUT2D eigenvalue weighted by Gasteiger charge is -2.38. The summed E-state index contributed by atoms with van der Waals surface area (Å²) in [6, 6.07) is 5.86. The van der Waals surface area contributed by atoms with Crippen LogP contribution in [-0.2, 0) is 25.5 Å². The number of phenols is 1. The molecule has 0 amide bonds. The van der Waals surface area contributed by atoms with E-state index >= 15 is 0 Å². The highest BCUT2D eigenvalue weighted by Crippen LogP contribution is 2.44. The van der Waals surface area contributed by atoms with Gasteiger partial charge in [-0.15, -0.1) is 0 Å². The number of benzene rings is 2. The maximum Gasteiger partial charge on any atom is 0.336 e. The van der Waals surface area contributed by atoms with Gasteiger partial charge in [-0.05, 0) is 76.6 Å². The first kappa shape index (κ1) is 29.6. The summed E-state index contributed by atoms with van der Waals surface area (Å²) in [6.07, 6.45) is 1.81. The number of hydrogen-bond donors (Lipinski definition) is 2. The molecule has 0 aliphatic carbocycles. The standard InChI is InChI=1S/C31H36N2O8/c1-16-17(2)28-23(18(3)27(16)34)11-12-31(6,41-28)13-14-40-30(36)25-20(5)32-19(4)24(29(35)39-7)26(25)21-9-8-10-22(15-21)33(37)38/h8-10,15,26,32,34H,11-14H2,1-7H3. The summed E-state index contributed by atoms with van der Waals surface area (Å²) < 4.78 is 17.2. The minimum Gasteiger partial charge on any atom is -0.507 e. The molecule has 0 saturated carbocycles. The fraction of sp³-hybridized carbons (Fsp3) is 0.419. The van der Waals surface area contributed by atoms with E-state index in [-0.39, 0.29) is 23.4 Å². The molecule has 41 heavy (non-hydrogen) atoms. The van der Waals surface area contributed by atoms with Crippen molar-refractivity contribution in [2.24, 2.45) is 0 Å². The summed E-state index contributed by atoms with van der Waals surface area (Å²) in [6.45, 7) is 11.1. The van der Waals surface area contributed by atoms with Crippen LogP contribution in [0.3, 0.4) is 0 Å². The first-order valence-corrected chi connectivity index (χ1v) is 13.5. The van der Waals surface area contributed by atoms with E-state index in [1.807, 2.05) is 27.7 Å². The summed E-state index contributed by atoms with van der Waals surface area (Å²) in [4.78, 5) is 37.4. The number of carbonyl (C=O) groups excluding carboxylic acids is 2. The number of nitro benzene ring substituents is 1. The summed E-state index contributed by atoms with van der Waals surface area (Å²) in [7, 11) is 1.24. The van der Waals surface area contributed by atoms with Crippen LogP contribution in [0, 0.1) is 30.9 Å². The average Bonchev–Trinajstić information content (AvgIpc) is 2.94. The zero-order valence-electron chi connectivity index (χ0n) is 24.5. The molecule has 2 unspecified atom stereocenters. The van der Waals surface area contributed by atoms with Crippen LogP contribution < -0.4 is 10.1 Å². The SMILES string of the molecule is COC(=O)C1=C(C)NC(C)=C(C(=O)OCCC2(C)CCc3c(C)c(O)c(C)c(C)c3O2)C1c1cccc([N+](=O)[O-])c1. The van der Waals surface area contributed by atoms with Crippen LogP contribution in [-0.4, -0.2) is 41.3 Å². The zero-order valence-corrected chi connectivity index (χ0v) is 24.5. The second kappa shape index (κ2) is 11.3. The molecular weight excluding hydrogens is 528 g/mol. The third kappa shape index (κ3) is 5.51. The second-order valence-electron chi connectivity index (χ2n) is 10.9. The minimum absolute atomic E-state index is 0.0501. The van der Waals surface area contributed by atoms with Gasteiger partial charge in [-0.1, -0.05) is 12.1 Å². The number of dihydropyridines is 1. The van der Waals surface area contributed by atoms with Gasteiger partial charge < -0.3 is 24.6 Å². The number of methoxy groups -OCH3 is 1. The number of nitrogens with zero attached hydrogens (tertiary/aromatic N) is 1. The van der Waals surface area contributed by atoms with E-state index in [1.54, 1.807) is 19.9 Å². The molecule has 10 nitrogen and oxygen atoms in total. The van der Waals surface area contributed by atoms with Crippen LogP contribution in [0.4, 0.5) is 5.69 Å². The molecule has 0 fully saturated rings. The fourth-order valence-corrected chi connectivity index (χ4v) is 5.70. The Hall–Kier alpha value is -4.34. The minimum atomic E-state index is -0.925. The number of nitrogens with one attached hydrogen (secondary N) is 1. The predicted octanol–water partition coefficient (Wildman–Crippen LogP) is 5.35. The Bertz CT molecular complexity index is 1510. The molecule has 2 atom stereocenters. The van der Waals surface area contributed by atoms with E-state index in [9.17, 15) is 24.8 Å². The van der Waals surface area contributed by atoms with Gasteiger partial charge in [-0.2, -0.15) is 0 Å².